The first-order valence-electron chi connectivity index (χ1n) is 5.81. The first-order valence-corrected chi connectivity index (χ1v) is 5.81. The summed E-state index contributed by atoms with van der Waals surface area (Å²) in [6.45, 7) is 0. The maximum absolute atomic E-state index is 13.0. The van der Waals surface area contributed by atoms with Crippen LogP contribution in [0.5, 0.6) is 0 Å². The van der Waals surface area contributed by atoms with Crippen LogP contribution in [0.2, 0.25) is 0 Å². The molecule has 0 saturated carbocycles. The number of halogens is 2. The van der Waals surface area contributed by atoms with Gasteiger partial charge in [-0.15, -0.1) is 12.3 Å². The highest BCUT2D eigenvalue weighted by Crippen LogP contribution is 2.30. The largest absolute Gasteiger partial charge is 0.317 e. The zero-order chi connectivity index (χ0) is 13.9. The summed E-state index contributed by atoms with van der Waals surface area (Å²) < 4.78 is 26.0. The van der Waals surface area contributed by atoms with Crippen LogP contribution >= 0.6 is 0 Å². The lowest BCUT2D eigenvalue weighted by atomic mass is 9.81. The third kappa shape index (κ3) is 2.64. The Morgan fingerprint density at radius 1 is 0.895 bits per heavy atom. The van der Waals surface area contributed by atoms with Crippen molar-refractivity contribution in [3.8, 4) is 12.3 Å². The van der Waals surface area contributed by atoms with Crippen LogP contribution in [0.4, 0.5) is 8.78 Å². The van der Waals surface area contributed by atoms with Gasteiger partial charge in [-0.25, -0.2) is 8.78 Å². The molecule has 0 unspecified atom stereocenters. The molecule has 19 heavy (non-hydrogen) atoms. The summed E-state index contributed by atoms with van der Waals surface area (Å²) in [6, 6.07) is 11.7. The van der Waals surface area contributed by atoms with E-state index in [1.165, 1.54) is 24.3 Å². The van der Waals surface area contributed by atoms with E-state index in [0.29, 0.717) is 11.1 Å². The molecule has 0 bridgehead atoms. The van der Waals surface area contributed by atoms with Crippen LogP contribution in [0.3, 0.4) is 0 Å². The minimum absolute atomic E-state index is 0.240. The monoisotopic (exact) mass is 257 g/mol. The van der Waals surface area contributed by atoms with E-state index < -0.39 is 5.54 Å². The van der Waals surface area contributed by atoms with Gasteiger partial charge in [0.1, 0.15) is 11.6 Å². The van der Waals surface area contributed by atoms with Gasteiger partial charge in [-0.2, -0.15) is 0 Å². The van der Waals surface area contributed by atoms with Gasteiger partial charge < -0.3 is 5.73 Å². The maximum atomic E-state index is 13.0. The molecule has 0 amide bonds. The third-order valence-electron chi connectivity index (χ3n) is 3.10. The number of hydrogen-bond donors (Lipinski definition) is 1. The summed E-state index contributed by atoms with van der Waals surface area (Å²) in [7, 11) is 0. The highest BCUT2D eigenvalue weighted by Gasteiger charge is 2.28. The van der Waals surface area contributed by atoms with E-state index in [0.717, 1.165) is 0 Å². The van der Waals surface area contributed by atoms with Crippen molar-refractivity contribution in [3.05, 3.63) is 71.3 Å². The number of nitrogens with two attached hydrogens (primary N) is 1. The molecule has 2 N–H and O–H groups in total. The van der Waals surface area contributed by atoms with Gasteiger partial charge >= 0.3 is 0 Å². The van der Waals surface area contributed by atoms with Crippen LogP contribution < -0.4 is 5.73 Å². The molecular weight excluding hydrogens is 244 g/mol. The fourth-order valence-electron chi connectivity index (χ4n) is 2.03. The van der Waals surface area contributed by atoms with Gasteiger partial charge in [-0.05, 0) is 35.4 Å². The standard InChI is InChI=1S/C16H13F2N/c1-2-11-16(19,12-3-7-14(17)8-4-12)13-5-9-15(18)10-6-13/h1,3-10H,11,19H2. The van der Waals surface area contributed by atoms with Crippen molar-refractivity contribution in [1.29, 1.82) is 0 Å². The highest BCUT2D eigenvalue weighted by molar-refractivity contribution is 5.39. The Hall–Kier alpha value is -2.18. The number of benzene rings is 2. The van der Waals surface area contributed by atoms with Gasteiger partial charge in [0.2, 0.25) is 0 Å². The number of terminal acetylenes is 1. The van der Waals surface area contributed by atoms with E-state index in [2.05, 4.69) is 5.92 Å². The second kappa shape index (κ2) is 5.21. The molecule has 0 fully saturated rings. The van der Waals surface area contributed by atoms with E-state index in [1.54, 1.807) is 24.3 Å². The van der Waals surface area contributed by atoms with Gasteiger partial charge in [0.25, 0.3) is 0 Å². The summed E-state index contributed by atoms with van der Waals surface area (Å²) in [5, 5.41) is 0. The molecule has 0 aliphatic heterocycles. The fraction of sp³-hybridized carbons (Fsp3) is 0.125. The summed E-state index contributed by atoms with van der Waals surface area (Å²) >= 11 is 0. The van der Waals surface area contributed by atoms with E-state index in [-0.39, 0.29) is 18.1 Å². The lowest BCUT2D eigenvalue weighted by Crippen LogP contribution is -2.37. The zero-order valence-corrected chi connectivity index (χ0v) is 10.2. The van der Waals surface area contributed by atoms with Crippen LogP contribution in [-0.2, 0) is 5.54 Å². The average Bonchev–Trinajstić information content (AvgIpc) is 2.40. The first-order chi connectivity index (χ1) is 9.06. The van der Waals surface area contributed by atoms with Crippen LogP contribution in [0, 0.1) is 24.0 Å². The predicted octanol–water partition coefficient (Wildman–Crippen LogP) is 3.19. The van der Waals surface area contributed by atoms with Gasteiger partial charge in [-0.3, -0.25) is 0 Å². The van der Waals surface area contributed by atoms with Crippen molar-refractivity contribution in [3.63, 3.8) is 0 Å². The molecule has 0 spiro atoms. The zero-order valence-electron chi connectivity index (χ0n) is 10.2. The second-order valence-corrected chi connectivity index (χ2v) is 4.37. The van der Waals surface area contributed by atoms with Crippen molar-refractivity contribution in [1.82, 2.24) is 0 Å². The minimum atomic E-state index is -0.948. The lowest BCUT2D eigenvalue weighted by molar-refractivity contribution is 0.549. The van der Waals surface area contributed by atoms with Gasteiger partial charge in [-0.1, -0.05) is 24.3 Å². The smallest absolute Gasteiger partial charge is 0.123 e. The molecular formula is C16H13F2N. The van der Waals surface area contributed by atoms with Crippen molar-refractivity contribution < 1.29 is 8.78 Å². The Morgan fingerprint density at radius 2 is 1.26 bits per heavy atom. The average molecular weight is 257 g/mol. The van der Waals surface area contributed by atoms with Crippen LogP contribution in [0.15, 0.2) is 48.5 Å². The molecule has 2 aromatic rings. The van der Waals surface area contributed by atoms with Crippen molar-refractivity contribution >= 4 is 0 Å². The van der Waals surface area contributed by atoms with Crippen molar-refractivity contribution in [2.75, 3.05) is 0 Å². The van der Waals surface area contributed by atoms with Gasteiger partial charge in [0.15, 0.2) is 0 Å². The van der Waals surface area contributed by atoms with Crippen molar-refractivity contribution in [2.45, 2.75) is 12.0 Å². The summed E-state index contributed by atoms with van der Waals surface area (Å²) in [6.07, 6.45) is 5.61. The number of hydrogen-bond acceptors (Lipinski definition) is 1. The van der Waals surface area contributed by atoms with E-state index in [1.807, 2.05) is 0 Å². The Kier molecular flexibility index (Phi) is 3.64. The molecule has 0 atom stereocenters. The van der Waals surface area contributed by atoms with Crippen LogP contribution in [0.1, 0.15) is 17.5 Å². The fourth-order valence-corrected chi connectivity index (χ4v) is 2.03. The topological polar surface area (TPSA) is 26.0 Å². The second-order valence-electron chi connectivity index (χ2n) is 4.37. The Balaban J connectivity index is 2.51. The number of rotatable bonds is 3. The molecule has 1 nitrogen and oxygen atoms in total. The minimum Gasteiger partial charge on any atom is -0.317 e. The summed E-state index contributed by atoms with van der Waals surface area (Å²) in [5.41, 5.74) is 6.80. The summed E-state index contributed by atoms with van der Waals surface area (Å²) in [4.78, 5) is 0. The third-order valence-corrected chi connectivity index (χ3v) is 3.10. The lowest BCUT2D eigenvalue weighted by Gasteiger charge is -2.29. The molecule has 2 rings (SSSR count). The van der Waals surface area contributed by atoms with E-state index >= 15 is 0 Å². The van der Waals surface area contributed by atoms with Crippen molar-refractivity contribution in [2.24, 2.45) is 5.73 Å². The van der Waals surface area contributed by atoms with Gasteiger partial charge in [0, 0.05) is 6.42 Å². The molecule has 0 aromatic heterocycles. The molecule has 0 radical (unpaired) electrons. The first kappa shape index (κ1) is 13.3. The Labute approximate surface area is 111 Å². The molecule has 3 heteroatoms. The quantitative estimate of drug-likeness (QED) is 0.840. The SMILES string of the molecule is C#CCC(N)(c1ccc(F)cc1)c1ccc(F)cc1. The van der Waals surface area contributed by atoms with Crippen LogP contribution in [0.25, 0.3) is 0 Å². The van der Waals surface area contributed by atoms with Crippen LogP contribution in [-0.4, -0.2) is 0 Å². The van der Waals surface area contributed by atoms with Gasteiger partial charge in [0.05, 0.1) is 5.54 Å². The molecule has 96 valence electrons. The molecule has 0 saturated heterocycles. The predicted molar refractivity (Wildman–Crippen MR) is 71.2 cm³/mol. The van der Waals surface area contributed by atoms with E-state index in [4.69, 9.17) is 12.2 Å². The molecule has 0 heterocycles. The molecule has 0 aliphatic carbocycles. The molecule has 2 aromatic carbocycles. The highest BCUT2D eigenvalue weighted by atomic mass is 19.1. The molecule has 0 aliphatic rings. The summed E-state index contributed by atoms with van der Waals surface area (Å²) in [5.74, 6) is 1.84. The van der Waals surface area contributed by atoms with E-state index in [9.17, 15) is 8.78 Å². The Morgan fingerprint density at radius 3 is 1.58 bits per heavy atom. The Bertz CT molecular complexity index is 549. The normalized spacial score (nSPS) is 11.1. The maximum Gasteiger partial charge on any atom is 0.123 e.